The molecule has 2 aromatic heterocycles. The standard InChI is InChI=1S/C20H22N4O2/c1-13-17(11-21-23(13)2)20(26)24-9-5-7-15(12-24)18-10-14-6-3-4-8-16(14)19(25)22-18/h3-4,6,8,10-11,15H,5,7,9,12H2,1-2H3,(H,22,25)/t15-/m0/s1. The van der Waals surface area contributed by atoms with Crippen molar-refractivity contribution in [2.24, 2.45) is 7.05 Å². The summed E-state index contributed by atoms with van der Waals surface area (Å²) in [6, 6.07) is 9.64. The fourth-order valence-electron chi connectivity index (χ4n) is 3.75. The van der Waals surface area contributed by atoms with Gasteiger partial charge >= 0.3 is 0 Å². The molecule has 134 valence electrons. The van der Waals surface area contributed by atoms with Gasteiger partial charge in [-0.15, -0.1) is 0 Å². The Morgan fingerprint density at radius 2 is 2.12 bits per heavy atom. The normalized spacial score (nSPS) is 17.6. The number of carbonyl (C=O) groups excluding carboxylic acids is 1. The van der Waals surface area contributed by atoms with Crippen LogP contribution >= 0.6 is 0 Å². The Kier molecular flexibility index (Phi) is 4.11. The molecule has 1 fully saturated rings. The smallest absolute Gasteiger partial charge is 0.257 e. The molecule has 0 aliphatic carbocycles. The number of likely N-dealkylation sites (tertiary alicyclic amines) is 1. The maximum Gasteiger partial charge on any atom is 0.257 e. The Bertz CT molecular complexity index is 1030. The zero-order valence-corrected chi connectivity index (χ0v) is 15.0. The molecule has 1 saturated heterocycles. The van der Waals surface area contributed by atoms with E-state index in [1.54, 1.807) is 10.9 Å². The first-order chi connectivity index (χ1) is 12.5. The summed E-state index contributed by atoms with van der Waals surface area (Å²) in [7, 11) is 1.84. The van der Waals surface area contributed by atoms with Crippen LogP contribution in [0.15, 0.2) is 41.3 Å². The second-order valence-electron chi connectivity index (χ2n) is 7.00. The molecule has 1 N–H and O–H groups in total. The third-order valence-corrected chi connectivity index (χ3v) is 5.39. The van der Waals surface area contributed by atoms with E-state index in [9.17, 15) is 9.59 Å². The molecule has 1 aliphatic heterocycles. The van der Waals surface area contributed by atoms with Crippen molar-refractivity contribution in [1.29, 1.82) is 0 Å². The van der Waals surface area contributed by atoms with Gasteiger partial charge in [0.05, 0.1) is 11.8 Å². The van der Waals surface area contributed by atoms with Crippen LogP contribution in [0.1, 0.15) is 40.5 Å². The lowest BCUT2D eigenvalue weighted by Crippen LogP contribution is -2.39. The van der Waals surface area contributed by atoms with Crippen molar-refractivity contribution in [2.75, 3.05) is 13.1 Å². The summed E-state index contributed by atoms with van der Waals surface area (Å²) in [6.07, 6.45) is 3.52. The third kappa shape index (κ3) is 2.81. The number of benzene rings is 1. The van der Waals surface area contributed by atoms with Crippen molar-refractivity contribution in [1.82, 2.24) is 19.7 Å². The first-order valence-corrected chi connectivity index (χ1v) is 8.94. The molecule has 3 heterocycles. The number of piperidine rings is 1. The van der Waals surface area contributed by atoms with E-state index in [1.807, 2.05) is 49.2 Å². The van der Waals surface area contributed by atoms with Crippen LogP contribution < -0.4 is 5.56 Å². The number of carbonyl (C=O) groups is 1. The van der Waals surface area contributed by atoms with E-state index in [1.165, 1.54) is 0 Å². The van der Waals surface area contributed by atoms with Gasteiger partial charge in [0.2, 0.25) is 0 Å². The van der Waals surface area contributed by atoms with Crippen LogP contribution in [-0.2, 0) is 7.05 Å². The molecule has 0 saturated carbocycles. The number of nitrogens with one attached hydrogen (secondary N) is 1. The van der Waals surface area contributed by atoms with Crippen molar-refractivity contribution in [2.45, 2.75) is 25.7 Å². The zero-order chi connectivity index (χ0) is 18.3. The maximum absolute atomic E-state index is 12.9. The molecule has 1 atom stereocenters. The first kappa shape index (κ1) is 16.6. The molecule has 1 aromatic carbocycles. The third-order valence-electron chi connectivity index (χ3n) is 5.39. The Morgan fingerprint density at radius 3 is 2.88 bits per heavy atom. The number of pyridine rings is 1. The highest BCUT2D eigenvalue weighted by Gasteiger charge is 2.28. The molecule has 0 radical (unpaired) electrons. The second kappa shape index (κ2) is 6.44. The number of aromatic amines is 1. The summed E-state index contributed by atoms with van der Waals surface area (Å²) in [6.45, 7) is 3.26. The minimum Gasteiger partial charge on any atom is -0.338 e. The molecular formula is C20H22N4O2. The number of rotatable bonds is 2. The number of aromatic nitrogens is 3. The summed E-state index contributed by atoms with van der Waals surface area (Å²) in [5, 5.41) is 5.82. The first-order valence-electron chi connectivity index (χ1n) is 8.94. The van der Waals surface area contributed by atoms with Crippen LogP contribution in [0.5, 0.6) is 0 Å². The second-order valence-corrected chi connectivity index (χ2v) is 7.00. The van der Waals surface area contributed by atoms with Crippen molar-refractivity contribution >= 4 is 16.7 Å². The Morgan fingerprint density at radius 1 is 1.31 bits per heavy atom. The van der Waals surface area contributed by atoms with E-state index >= 15 is 0 Å². The number of H-pyrrole nitrogens is 1. The van der Waals surface area contributed by atoms with Gasteiger partial charge in [0, 0.05) is 42.8 Å². The summed E-state index contributed by atoms with van der Waals surface area (Å²) in [4.78, 5) is 30.2. The lowest BCUT2D eigenvalue weighted by Gasteiger charge is -2.32. The zero-order valence-electron chi connectivity index (χ0n) is 15.0. The molecule has 0 unspecified atom stereocenters. The van der Waals surface area contributed by atoms with Crippen LogP contribution in [0.25, 0.3) is 10.8 Å². The van der Waals surface area contributed by atoms with Gasteiger partial charge in [0.1, 0.15) is 0 Å². The lowest BCUT2D eigenvalue weighted by molar-refractivity contribution is 0.0705. The molecule has 3 aromatic rings. The van der Waals surface area contributed by atoms with Crippen molar-refractivity contribution < 1.29 is 4.79 Å². The number of nitrogens with zero attached hydrogens (tertiary/aromatic N) is 3. The van der Waals surface area contributed by atoms with E-state index in [2.05, 4.69) is 10.1 Å². The quantitative estimate of drug-likeness (QED) is 0.772. The number of hydrogen-bond donors (Lipinski definition) is 1. The van der Waals surface area contributed by atoms with Crippen molar-refractivity contribution in [3.8, 4) is 0 Å². The van der Waals surface area contributed by atoms with Gasteiger partial charge < -0.3 is 9.88 Å². The molecule has 6 nitrogen and oxygen atoms in total. The lowest BCUT2D eigenvalue weighted by atomic mass is 9.93. The summed E-state index contributed by atoms with van der Waals surface area (Å²) < 4.78 is 1.72. The molecule has 0 bridgehead atoms. The van der Waals surface area contributed by atoms with Crippen LogP contribution in [0.4, 0.5) is 0 Å². The largest absolute Gasteiger partial charge is 0.338 e. The fourth-order valence-corrected chi connectivity index (χ4v) is 3.75. The topological polar surface area (TPSA) is 71.0 Å². The predicted molar refractivity (Wildman–Crippen MR) is 100 cm³/mol. The van der Waals surface area contributed by atoms with Gasteiger partial charge in [-0.2, -0.15) is 5.10 Å². The fraction of sp³-hybridized carbons (Fsp3) is 0.350. The average molecular weight is 350 g/mol. The highest BCUT2D eigenvalue weighted by Crippen LogP contribution is 2.27. The van der Waals surface area contributed by atoms with Crippen LogP contribution in [0, 0.1) is 6.92 Å². The van der Waals surface area contributed by atoms with Crippen LogP contribution in [0.2, 0.25) is 0 Å². The number of fused-ring (bicyclic) bond motifs is 1. The predicted octanol–water partition coefficient (Wildman–Crippen LogP) is 2.59. The molecule has 26 heavy (non-hydrogen) atoms. The number of hydrogen-bond acceptors (Lipinski definition) is 3. The summed E-state index contributed by atoms with van der Waals surface area (Å²) in [5.74, 6) is 0.158. The summed E-state index contributed by atoms with van der Waals surface area (Å²) >= 11 is 0. The monoisotopic (exact) mass is 350 g/mol. The van der Waals surface area contributed by atoms with Gasteiger partial charge in [-0.25, -0.2) is 0 Å². The van der Waals surface area contributed by atoms with Gasteiger partial charge in [-0.05, 0) is 37.3 Å². The molecular weight excluding hydrogens is 328 g/mol. The van der Waals surface area contributed by atoms with Gasteiger partial charge in [0.15, 0.2) is 0 Å². The van der Waals surface area contributed by atoms with E-state index < -0.39 is 0 Å². The molecule has 0 spiro atoms. The molecule has 1 amide bonds. The summed E-state index contributed by atoms with van der Waals surface area (Å²) in [5.41, 5.74) is 2.37. The highest BCUT2D eigenvalue weighted by atomic mass is 16.2. The molecule has 6 heteroatoms. The Hall–Kier alpha value is -2.89. The van der Waals surface area contributed by atoms with Crippen LogP contribution in [-0.4, -0.2) is 38.7 Å². The van der Waals surface area contributed by atoms with E-state index in [4.69, 9.17) is 0 Å². The molecule has 4 rings (SSSR count). The SMILES string of the molecule is Cc1c(C(=O)N2CCC[C@H](c3cc4ccccc4c(=O)[nH]3)C2)cnn1C. The van der Waals surface area contributed by atoms with Crippen molar-refractivity contribution in [3.63, 3.8) is 0 Å². The number of amides is 1. The van der Waals surface area contributed by atoms with Gasteiger partial charge in [0.25, 0.3) is 11.5 Å². The van der Waals surface area contributed by atoms with Crippen molar-refractivity contribution in [3.05, 3.63) is 63.8 Å². The Balaban J connectivity index is 1.62. The highest BCUT2D eigenvalue weighted by molar-refractivity contribution is 5.95. The van der Waals surface area contributed by atoms with Crippen LogP contribution in [0.3, 0.4) is 0 Å². The number of aryl methyl sites for hydroxylation is 1. The van der Waals surface area contributed by atoms with E-state index in [-0.39, 0.29) is 17.4 Å². The van der Waals surface area contributed by atoms with Gasteiger partial charge in [-0.1, -0.05) is 18.2 Å². The molecule has 1 aliphatic rings. The van der Waals surface area contributed by atoms with E-state index in [0.29, 0.717) is 17.5 Å². The Labute approximate surface area is 151 Å². The minimum atomic E-state index is -0.0651. The average Bonchev–Trinajstić information content (AvgIpc) is 3.00. The minimum absolute atomic E-state index is 0.0171. The van der Waals surface area contributed by atoms with E-state index in [0.717, 1.165) is 36.2 Å². The van der Waals surface area contributed by atoms with Gasteiger partial charge in [-0.3, -0.25) is 14.3 Å². The maximum atomic E-state index is 12.9.